The molecule has 0 spiro atoms. The Morgan fingerprint density at radius 1 is 1.07 bits per heavy atom. The number of pyridine rings is 1. The number of ether oxygens (including phenoxy) is 1. The van der Waals surface area contributed by atoms with Crippen molar-refractivity contribution in [2.75, 3.05) is 0 Å². The summed E-state index contributed by atoms with van der Waals surface area (Å²) in [6.45, 7) is 0.198. The van der Waals surface area contributed by atoms with Gasteiger partial charge in [0.05, 0.1) is 0 Å². The predicted octanol–water partition coefficient (Wildman–Crippen LogP) is 2.80. The molecule has 0 N–H and O–H groups in total. The molecule has 0 bridgehead atoms. The van der Waals surface area contributed by atoms with Crippen molar-refractivity contribution in [1.29, 1.82) is 0 Å². The van der Waals surface area contributed by atoms with Gasteiger partial charge in [0.1, 0.15) is 12.4 Å². The van der Waals surface area contributed by atoms with Gasteiger partial charge in [-0.1, -0.05) is 24.3 Å². The van der Waals surface area contributed by atoms with Crippen molar-refractivity contribution in [3.63, 3.8) is 0 Å². The first-order chi connectivity index (χ1) is 7.36. The summed E-state index contributed by atoms with van der Waals surface area (Å²) in [6.07, 6.45) is 1.64. The third-order valence-corrected chi connectivity index (χ3v) is 1.97. The average Bonchev–Trinajstić information content (AvgIpc) is 2.29. The fourth-order valence-electron chi connectivity index (χ4n) is 1.20. The molecular weight excluding hydrogens is 193 g/mol. The minimum atomic E-state index is -0.256. The molecular formula is C12H10FNO. The first-order valence-electron chi connectivity index (χ1n) is 4.63. The molecule has 0 aliphatic carbocycles. The van der Waals surface area contributed by atoms with Crippen LogP contribution in [0, 0.1) is 5.82 Å². The second-order valence-electron chi connectivity index (χ2n) is 3.05. The third-order valence-electron chi connectivity index (χ3n) is 1.97. The molecule has 0 radical (unpaired) electrons. The Labute approximate surface area is 87.4 Å². The van der Waals surface area contributed by atoms with E-state index in [0.29, 0.717) is 11.4 Å². The van der Waals surface area contributed by atoms with Crippen molar-refractivity contribution < 1.29 is 9.13 Å². The van der Waals surface area contributed by atoms with Gasteiger partial charge in [0.2, 0.25) is 5.88 Å². The fourth-order valence-corrected chi connectivity index (χ4v) is 1.20. The van der Waals surface area contributed by atoms with E-state index < -0.39 is 0 Å². The maximum Gasteiger partial charge on any atom is 0.213 e. The molecule has 0 saturated carbocycles. The molecule has 0 aliphatic rings. The SMILES string of the molecule is Fc1ccccc1COc1ccccn1. The number of hydrogen-bond donors (Lipinski definition) is 0. The van der Waals surface area contributed by atoms with Gasteiger partial charge in [-0.3, -0.25) is 0 Å². The van der Waals surface area contributed by atoms with Crippen LogP contribution < -0.4 is 4.74 Å². The van der Waals surface area contributed by atoms with Gasteiger partial charge < -0.3 is 4.74 Å². The maximum atomic E-state index is 13.2. The largest absolute Gasteiger partial charge is 0.473 e. The molecule has 0 amide bonds. The molecule has 1 aromatic heterocycles. The van der Waals surface area contributed by atoms with E-state index in [1.54, 1.807) is 36.5 Å². The predicted molar refractivity (Wildman–Crippen MR) is 55.0 cm³/mol. The Morgan fingerprint density at radius 2 is 1.87 bits per heavy atom. The topological polar surface area (TPSA) is 22.1 Å². The number of nitrogens with zero attached hydrogens (tertiary/aromatic N) is 1. The summed E-state index contributed by atoms with van der Waals surface area (Å²) in [5.74, 6) is 0.245. The Kier molecular flexibility index (Phi) is 2.93. The second-order valence-corrected chi connectivity index (χ2v) is 3.05. The molecule has 0 unspecified atom stereocenters. The standard InChI is InChI=1S/C12H10FNO/c13-11-6-2-1-5-10(11)9-15-12-7-3-4-8-14-12/h1-8H,9H2. The molecule has 15 heavy (non-hydrogen) atoms. The van der Waals surface area contributed by atoms with Gasteiger partial charge in [-0.05, 0) is 12.1 Å². The molecule has 0 fully saturated rings. The second kappa shape index (κ2) is 4.55. The van der Waals surface area contributed by atoms with Crippen LogP contribution in [0.4, 0.5) is 4.39 Å². The zero-order valence-corrected chi connectivity index (χ0v) is 8.06. The fraction of sp³-hybridized carbons (Fsp3) is 0.0833. The van der Waals surface area contributed by atoms with E-state index in [1.807, 2.05) is 6.07 Å². The zero-order valence-electron chi connectivity index (χ0n) is 8.06. The first kappa shape index (κ1) is 9.65. The van der Waals surface area contributed by atoms with E-state index in [0.717, 1.165) is 0 Å². The lowest BCUT2D eigenvalue weighted by atomic mass is 10.2. The van der Waals surface area contributed by atoms with Gasteiger partial charge in [0, 0.05) is 17.8 Å². The monoisotopic (exact) mass is 203 g/mol. The van der Waals surface area contributed by atoms with Crippen molar-refractivity contribution in [2.45, 2.75) is 6.61 Å². The third kappa shape index (κ3) is 2.53. The van der Waals surface area contributed by atoms with Crippen LogP contribution in [0.3, 0.4) is 0 Å². The van der Waals surface area contributed by atoms with Gasteiger partial charge in [-0.15, -0.1) is 0 Å². The summed E-state index contributed by atoms with van der Waals surface area (Å²) in [5.41, 5.74) is 0.531. The minimum Gasteiger partial charge on any atom is -0.473 e. The summed E-state index contributed by atoms with van der Waals surface area (Å²) >= 11 is 0. The van der Waals surface area contributed by atoms with Crippen molar-refractivity contribution in [3.8, 4) is 5.88 Å². The van der Waals surface area contributed by atoms with E-state index in [2.05, 4.69) is 4.98 Å². The normalized spacial score (nSPS) is 9.93. The van der Waals surface area contributed by atoms with Crippen LogP contribution in [-0.2, 0) is 6.61 Å². The number of benzene rings is 1. The average molecular weight is 203 g/mol. The molecule has 0 atom stereocenters. The van der Waals surface area contributed by atoms with Crippen molar-refractivity contribution in [3.05, 3.63) is 60.0 Å². The van der Waals surface area contributed by atoms with E-state index in [1.165, 1.54) is 6.07 Å². The first-order valence-corrected chi connectivity index (χ1v) is 4.63. The number of hydrogen-bond acceptors (Lipinski definition) is 2. The molecule has 1 aromatic carbocycles. The lowest BCUT2D eigenvalue weighted by molar-refractivity contribution is 0.288. The van der Waals surface area contributed by atoms with Crippen molar-refractivity contribution >= 4 is 0 Å². The highest BCUT2D eigenvalue weighted by Gasteiger charge is 2.01. The molecule has 0 aliphatic heterocycles. The highest BCUT2D eigenvalue weighted by molar-refractivity contribution is 5.17. The van der Waals surface area contributed by atoms with Gasteiger partial charge in [-0.25, -0.2) is 9.37 Å². The molecule has 2 aromatic rings. The molecule has 0 saturated heterocycles. The van der Waals surface area contributed by atoms with Gasteiger partial charge >= 0.3 is 0 Å². The number of aromatic nitrogens is 1. The van der Waals surface area contributed by atoms with E-state index in [4.69, 9.17) is 4.74 Å². The van der Waals surface area contributed by atoms with Crippen molar-refractivity contribution in [1.82, 2.24) is 4.98 Å². The summed E-state index contributed by atoms with van der Waals surface area (Å²) in [6, 6.07) is 11.9. The van der Waals surface area contributed by atoms with Crippen LogP contribution >= 0.6 is 0 Å². The van der Waals surface area contributed by atoms with Crippen LogP contribution in [0.2, 0.25) is 0 Å². The smallest absolute Gasteiger partial charge is 0.213 e. The maximum absolute atomic E-state index is 13.2. The molecule has 3 heteroatoms. The van der Waals surface area contributed by atoms with Crippen molar-refractivity contribution in [2.24, 2.45) is 0 Å². The highest BCUT2D eigenvalue weighted by atomic mass is 19.1. The summed E-state index contributed by atoms with van der Waals surface area (Å²) in [4.78, 5) is 3.98. The van der Waals surface area contributed by atoms with Gasteiger partial charge in [0.15, 0.2) is 0 Å². The Balaban J connectivity index is 2.03. The lowest BCUT2D eigenvalue weighted by Crippen LogP contribution is -1.99. The highest BCUT2D eigenvalue weighted by Crippen LogP contribution is 2.10. The zero-order chi connectivity index (χ0) is 10.5. The lowest BCUT2D eigenvalue weighted by Gasteiger charge is -2.05. The van der Waals surface area contributed by atoms with Crippen LogP contribution in [0.15, 0.2) is 48.7 Å². The molecule has 1 heterocycles. The molecule has 2 nitrogen and oxygen atoms in total. The molecule has 76 valence electrons. The van der Waals surface area contributed by atoms with Crippen LogP contribution in [0.1, 0.15) is 5.56 Å². The Morgan fingerprint density at radius 3 is 2.60 bits per heavy atom. The number of halogens is 1. The minimum absolute atomic E-state index is 0.198. The van der Waals surface area contributed by atoms with Crippen LogP contribution in [0.25, 0.3) is 0 Å². The number of rotatable bonds is 3. The summed E-state index contributed by atoms with van der Waals surface area (Å²) in [5, 5.41) is 0. The van der Waals surface area contributed by atoms with Gasteiger partial charge in [0.25, 0.3) is 0 Å². The molecule has 2 rings (SSSR count). The van der Waals surface area contributed by atoms with Crippen LogP contribution in [0.5, 0.6) is 5.88 Å². The van der Waals surface area contributed by atoms with E-state index in [9.17, 15) is 4.39 Å². The summed E-state index contributed by atoms with van der Waals surface area (Å²) in [7, 11) is 0. The van der Waals surface area contributed by atoms with E-state index >= 15 is 0 Å². The Bertz CT molecular complexity index is 431. The quantitative estimate of drug-likeness (QED) is 0.765. The van der Waals surface area contributed by atoms with Gasteiger partial charge in [-0.2, -0.15) is 0 Å². The van der Waals surface area contributed by atoms with E-state index in [-0.39, 0.29) is 12.4 Å². The van der Waals surface area contributed by atoms with Crippen LogP contribution in [-0.4, -0.2) is 4.98 Å². The Hall–Kier alpha value is -1.90. The summed E-state index contributed by atoms with van der Waals surface area (Å²) < 4.78 is 18.5.